The van der Waals surface area contributed by atoms with Crippen LogP contribution in [0.5, 0.6) is 11.5 Å². The lowest BCUT2D eigenvalue weighted by Gasteiger charge is -2.19. The predicted octanol–water partition coefficient (Wildman–Crippen LogP) is 5.17. The van der Waals surface area contributed by atoms with Crippen LogP contribution in [0.1, 0.15) is 37.5 Å². The summed E-state index contributed by atoms with van der Waals surface area (Å²) in [6, 6.07) is 12.1. The van der Waals surface area contributed by atoms with E-state index >= 15 is 0 Å². The average Bonchev–Trinajstić information content (AvgIpc) is 2.69. The van der Waals surface area contributed by atoms with E-state index in [1.165, 1.54) is 19.3 Å². The molecule has 0 spiro atoms. The lowest BCUT2D eigenvalue weighted by atomic mass is 10.1. The van der Waals surface area contributed by atoms with Gasteiger partial charge in [0.05, 0.1) is 7.11 Å². The fraction of sp³-hybridized carbons (Fsp3) is 0.292. The number of nitrogens with one attached hydrogen (secondary N) is 1. The molecule has 0 aliphatic carbocycles. The smallest absolute Gasteiger partial charge is 0.493 e. The lowest BCUT2D eigenvalue weighted by Crippen LogP contribution is -2.26. The Morgan fingerprint density at radius 2 is 1.81 bits per heavy atom. The Morgan fingerprint density at radius 1 is 1.10 bits per heavy atom. The van der Waals surface area contributed by atoms with Crippen molar-refractivity contribution in [1.82, 2.24) is 0 Å². The summed E-state index contributed by atoms with van der Waals surface area (Å²) in [4.78, 5) is 24.5. The molecule has 2 aromatic rings. The van der Waals surface area contributed by atoms with Crippen LogP contribution in [0.15, 0.2) is 42.0 Å². The van der Waals surface area contributed by atoms with E-state index in [0.29, 0.717) is 11.3 Å². The van der Waals surface area contributed by atoms with E-state index in [4.69, 9.17) is 14.2 Å². The molecule has 0 saturated carbocycles. The van der Waals surface area contributed by atoms with Crippen molar-refractivity contribution in [3.63, 3.8) is 0 Å². The summed E-state index contributed by atoms with van der Waals surface area (Å²) in [6.07, 6.45) is 0.569. The summed E-state index contributed by atoms with van der Waals surface area (Å²) < 4.78 is 15.6. The van der Waals surface area contributed by atoms with Gasteiger partial charge in [-0.25, -0.2) is 4.79 Å². The Balaban J connectivity index is 2.24. The molecule has 0 fully saturated rings. The molecule has 0 aliphatic heterocycles. The highest BCUT2D eigenvalue weighted by Gasteiger charge is 2.20. The first-order chi connectivity index (χ1) is 14.5. The number of aryl methyl sites for hydroxylation is 1. The molecule has 1 amide bonds. The van der Waals surface area contributed by atoms with Crippen LogP contribution in [-0.2, 0) is 9.53 Å². The van der Waals surface area contributed by atoms with Crippen LogP contribution in [0.3, 0.4) is 0 Å². The van der Waals surface area contributed by atoms with Gasteiger partial charge in [0, 0.05) is 5.69 Å². The first-order valence-corrected chi connectivity index (χ1v) is 9.62. The summed E-state index contributed by atoms with van der Waals surface area (Å²) in [5.41, 5.74) is 2.36. The van der Waals surface area contributed by atoms with Gasteiger partial charge < -0.3 is 19.5 Å². The van der Waals surface area contributed by atoms with Crippen LogP contribution < -0.4 is 14.8 Å². The second-order valence-electron chi connectivity index (χ2n) is 7.85. The Kier molecular flexibility index (Phi) is 7.43. The summed E-state index contributed by atoms with van der Waals surface area (Å²) in [7, 11) is 1.42. The van der Waals surface area contributed by atoms with Gasteiger partial charge in [0.25, 0.3) is 5.91 Å². The zero-order chi connectivity index (χ0) is 23.2. The number of carbonyl (C=O) groups excluding carboxylic acids is 2. The number of methoxy groups -OCH3 is 1. The minimum absolute atomic E-state index is 0.0798. The first kappa shape index (κ1) is 23.5. The van der Waals surface area contributed by atoms with E-state index in [9.17, 15) is 14.9 Å². The van der Waals surface area contributed by atoms with Crippen LogP contribution >= 0.6 is 0 Å². The molecule has 7 heteroatoms. The molecule has 0 atom stereocenters. The molecule has 0 aromatic heterocycles. The SMILES string of the molecule is COc1cc(/C=C(\C#N)C(=O)Nc2cccc(C)c2C)ccc1OC(=O)OC(C)(C)C. The monoisotopic (exact) mass is 422 g/mol. The molecule has 0 radical (unpaired) electrons. The van der Waals surface area contributed by atoms with Crippen molar-refractivity contribution in [2.75, 3.05) is 12.4 Å². The topological polar surface area (TPSA) is 97.6 Å². The summed E-state index contributed by atoms with van der Waals surface area (Å²) in [5.74, 6) is -0.108. The number of ether oxygens (including phenoxy) is 3. The quantitative estimate of drug-likeness (QED) is 0.309. The average molecular weight is 422 g/mol. The maximum absolute atomic E-state index is 12.6. The van der Waals surface area contributed by atoms with E-state index in [1.807, 2.05) is 32.0 Å². The largest absolute Gasteiger partial charge is 0.514 e. The Hall–Kier alpha value is -3.79. The molecule has 2 rings (SSSR count). The predicted molar refractivity (Wildman–Crippen MR) is 118 cm³/mol. The van der Waals surface area contributed by atoms with Gasteiger partial charge in [-0.2, -0.15) is 5.26 Å². The van der Waals surface area contributed by atoms with E-state index in [1.54, 1.807) is 39.0 Å². The zero-order valence-electron chi connectivity index (χ0n) is 18.5. The maximum Gasteiger partial charge on any atom is 0.514 e. The molecular formula is C24H26N2O5. The van der Waals surface area contributed by atoms with E-state index in [0.717, 1.165) is 11.1 Å². The van der Waals surface area contributed by atoms with Gasteiger partial charge in [0.1, 0.15) is 17.2 Å². The van der Waals surface area contributed by atoms with Crippen molar-refractivity contribution in [3.8, 4) is 17.6 Å². The number of anilines is 1. The molecular weight excluding hydrogens is 396 g/mol. The second kappa shape index (κ2) is 9.81. The van der Waals surface area contributed by atoms with Crippen LogP contribution in [-0.4, -0.2) is 24.8 Å². The fourth-order valence-electron chi connectivity index (χ4n) is 2.61. The third kappa shape index (κ3) is 6.61. The van der Waals surface area contributed by atoms with Crippen molar-refractivity contribution >= 4 is 23.8 Å². The van der Waals surface area contributed by atoms with E-state index < -0.39 is 17.7 Å². The molecule has 162 valence electrons. The normalized spacial score (nSPS) is 11.3. The minimum Gasteiger partial charge on any atom is -0.493 e. The highest BCUT2D eigenvalue weighted by molar-refractivity contribution is 6.10. The van der Waals surface area contributed by atoms with E-state index in [-0.39, 0.29) is 17.1 Å². The number of hydrogen-bond acceptors (Lipinski definition) is 6. The van der Waals surface area contributed by atoms with Gasteiger partial charge in [-0.1, -0.05) is 18.2 Å². The first-order valence-electron chi connectivity index (χ1n) is 9.62. The molecule has 0 unspecified atom stereocenters. The van der Waals surface area contributed by atoms with Crippen LogP contribution in [0, 0.1) is 25.2 Å². The van der Waals surface area contributed by atoms with Crippen molar-refractivity contribution in [2.24, 2.45) is 0 Å². The standard InChI is InChI=1S/C24H26N2O5/c1-15-8-7-9-19(16(15)2)26-22(27)18(14-25)12-17-10-11-20(21(13-17)29-6)30-23(28)31-24(3,4)5/h7-13H,1-6H3,(H,26,27)/b18-12+. The molecule has 0 bridgehead atoms. The third-order valence-electron chi connectivity index (χ3n) is 4.30. The number of amides is 1. The molecule has 0 aliphatic rings. The maximum atomic E-state index is 12.6. The Morgan fingerprint density at radius 3 is 2.42 bits per heavy atom. The van der Waals surface area contributed by atoms with Gasteiger partial charge in [-0.3, -0.25) is 4.79 Å². The Bertz CT molecular complexity index is 1060. The summed E-state index contributed by atoms with van der Waals surface area (Å²) in [6.45, 7) is 9.03. The molecule has 31 heavy (non-hydrogen) atoms. The number of carbonyl (C=O) groups is 2. The number of nitriles is 1. The number of nitrogens with zero attached hydrogens (tertiary/aromatic N) is 1. The fourth-order valence-corrected chi connectivity index (χ4v) is 2.61. The van der Waals surface area contributed by atoms with Gasteiger partial charge in [-0.15, -0.1) is 0 Å². The van der Waals surface area contributed by atoms with E-state index in [2.05, 4.69) is 5.32 Å². The number of benzene rings is 2. The lowest BCUT2D eigenvalue weighted by molar-refractivity contribution is -0.112. The zero-order valence-corrected chi connectivity index (χ0v) is 18.5. The van der Waals surface area contributed by atoms with Gasteiger partial charge in [0.15, 0.2) is 11.5 Å². The number of rotatable bonds is 5. The second-order valence-corrected chi connectivity index (χ2v) is 7.85. The van der Waals surface area contributed by atoms with Crippen molar-refractivity contribution in [1.29, 1.82) is 5.26 Å². The molecule has 2 aromatic carbocycles. The van der Waals surface area contributed by atoms with Crippen LogP contribution in [0.25, 0.3) is 6.08 Å². The molecule has 7 nitrogen and oxygen atoms in total. The van der Waals surface area contributed by atoms with Crippen molar-refractivity contribution in [3.05, 3.63) is 58.7 Å². The molecule has 1 N–H and O–H groups in total. The van der Waals surface area contributed by atoms with Crippen LogP contribution in [0.2, 0.25) is 0 Å². The highest BCUT2D eigenvalue weighted by Crippen LogP contribution is 2.30. The highest BCUT2D eigenvalue weighted by atomic mass is 16.7. The third-order valence-corrected chi connectivity index (χ3v) is 4.30. The summed E-state index contributed by atoms with van der Waals surface area (Å²) in [5, 5.41) is 12.2. The minimum atomic E-state index is -0.861. The van der Waals surface area contributed by atoms with Crippen molar-refractivity contribution < 1.29 is 23.8 Å². The summed E-state index contributed by atoms with van der Waals surface area (Å²) >= 11 is 0. The number of hydrogen-bond donors (Lipinski definition) is 1. The Labute approximate surface area is 182 Å². The van der Waals surface area contributed by atoms with Gasteiger partial charge in [0.2, 0.25) is 0 Å². The van der Waals surface area contributed by atoms with Gasteiger partial charge >= 0.3 is 6.16 Å². The van der Waals surface area contributed by atoms with Crippen LogP contribution in [0.4, 0.5) is 10.5 Å². The molecule has 0 heterocycles. The van der Waals surface area contributed by atoms with Crippen molar-refractivity contribution in [2.45, 2.75) is 40.2 Å². The van der Waals surface area contributed by atoms with Gasteiger partial charge in [-0.05, 0) is 75.6 Å². The molecule has 0 saturated heterocycles.